The van der Waals surface area contributed by atoms with Crippen LogP contribution in [0.2, 0.25) is 5.02 Å². The molecule has 0 radical (unpaired) electrons. The Hall–Kier alpha value is -2.74. The molecule has 2 fully saturated rings. The molecule has 1 aliphatic carbocycles. The van der Waals surface area contributed by atoms with Gasteiger partial charge in [-0.3, -0.25) is 4.68 Å². The maximum absolute atomic E-state index is 12.3. The number of hydrogen-bond acceptors (Lipinski definition) is 6. The van der Waals surface area contributed by atoms with Crippen molar-refractivity contribution < 1.29 is 9.53 Å². The van der Waals surface area contributed by atoms with Gasteiger partial charge in [-0.15, -0.1) is 0 Å². The minimum absolute atomic E-state index is 0.285. The standard InChI is InChI=1S/C22H29ClN6O2/c1-22(2,3)31-21(30)28-8-6-27(7-9-28)20-11-19(15(12-24)10-18(20)23)26-16-13-25-29(14-16)17-4-5-17/h10-14,17,24,26H,4-9H2,1-3H3. The summed E-state index contributed by atoms with van der Waals surface area (Å²) < 4.78 is 7.47. The summed E-state index contributed by atoms with van der Waals surface area (Å²) in [7, 11) is 0. The van der Waals surface area contributed by atoms with E-state index in [1.165, 1.54) is 19.1 Å². The normalized spacial score (nSPS) is 16.9. The third kappa shape index (κ3) is 5.12. The van der Waals surface area contributed by atoms with E-state index in [0.29, 0.717) is 42.8 Å². The number of amides is 1. The van der Waals surface area contributed by atoms with Gasteiger partial charge in [-0.05, 0) is 45.7 Å². The predicted octanol–water partition coefficient (Wildman–Crippen LogP) is 4.67. The number of ether oxygens (including phenoxy) is 1. The largest absolute Gasteiger partial charge is 0.444 e. The Morgan fingerprint density at radius 3 is 2.58 bits per heavy atom. The summed E-state index contributed by atoms with van der Waals surface area (Å²) in [6, 6.07) is 4.29. The molecule has 1 amide bonds. The Bertz CT molecular complexity index is 971. The van der Waals surface area contributed by atoms with Gasteiger partial charge < -0.3 is 25.3 Å². The summed E-state index contributed by atoms with van der Waals surface area (Å²) in [5.74, 6) is 0. The number of benzene rings is 1. The van der Waals surface area contributed by atoms with Crippen molar-refractivity contribution in [2.75, 3.05) is 36.4 Å². The van der Waals surface area contributed by atoms with Crippen molar-refractivity contribution in [3.8, 4) is 0 Å². The summed E-state index contributed by atoms with van der Waals surface area (Å²) in [4.78, 5) is 16.2. The average Bonchev–Trinajstić information content (AvgIpc) is 3.47. The molecule has 2 heterocycles. The van der Waals surface area contributed by atoms with Crippen LogP contribution in [0.15, 0.2) is 24.5 Å². The lowest BCUT2D eigenvalue weighted by Gasteiger charge is -2.37. The van der Waals surface area contributed by atoms with Gasteiger partial charge in [0, 0.05) is 49.8 Å². The molecule has 0 unspecified atom stereocenters. The predicted molar refractivity (Wildman–Crippen MR) is 123 cm³/mol. The molecule has 2 aromatic rings. The topological polar surface area (TPSA) is 86.5 Å². The number of anilines is 3. The third-order valence-corrected chi connectivity index (χ3v) is 5.65. The van der Waals surface area contributed by atoms with Crippen LogP contribution in [-0.4, -0.2) is 58.8 Å². The van der Waals surface area contributed by atoms with Crippen LogP contribution in [-0.2, 0) is 4.74 Å². The van der Waals surface area contributed by atoms with Crippen molar-refractivity contribution >= 4 is 41.0 Å². The minimum atomic E-state index is -0.506. The molecule has 1 aromatic carbocycles. The van der Waals surface area contributed by atoms with E-state index < -0.39 is 5.60 Å². The van der Waals surface area contributed by atoms with Gasteiger partial charge in [0.25, 0.3) is 0 Å². The zero-order chi connectivity index (χ0) is 22.2. The van der Waals surface area contributed by atoms with Gasteiger partial charge in [-0.1, -0.05) is 11.6 Å². The van der Waals surface area contributed by atoms with E-state index in [-0.39, 0.29) is 6.09 Å². The fourth-order valence-electron chi connectivity index (χ4n) is 3.60. The van der Waals surface area contributed by atoms with E-state index in [4.69, 9.17) is 21.7 Å². The summed E-state index contributed by atoms with van der Waals surface area (Å²) >= 11 is 6.56. The van der Waals surface area contributed by atoms with Crippen LogP contribution in [0.4, 0.5) is 21.9 Å². The lowest BCUT2D eigenvalue weighted by molar-refractivity contribution is 0.0240. The third-order valence-electron chi connectivity index (χ3n) is 5.35. The summed E-state index contributed by atoms with van der Waals surface area (Å²) in [6.07, 6.45) is 7.16. The van der Waals surface area contributed by atoms with Gasteiger partial charge in [0.05, 0.1) is 28.6 Å². The van der Waals surface area contributed by atoms with Gasteiger partial charge in [0.1, 0.15) is 5.60 Å². The summed E-state index contributed by atoms with van der Waals surface area (Å²) in [6.45, 7) is 8.05. The Kier molecular flexibility index (Phi) is 5.83. The Morgan fingerprint density at radius 1 is 1.26 bits per heavy atom. The van der Waals surface area contributed by atoms with E-state index in [1.54, 1.807) is 17.2 Å². The zero-order valence-electron chi connectivity index (χ0n) is 18.2. The SMILES string of the molecule is CC(C)(C)OC(=O)N1CCN(c2cc(Nc3cnn(C4CC4)c3)c(C=N)cc2Cl)CC1. The Labute approximate surface area is 187 Å². The van der Waals surface area contributed by atoms with Gasteiger partial charge in [-0.25, -0.2) is 4.79 Å². The number of rotatable bonds is 5. The quantitative estimate of drug-likeness (QED) is 0.654. The monoisotopic (exact) mass is 444 g/mol. The maximum Gasteiger partial charge on any atom is 0.410 e. The van der Waals surface area contributed by atoms with Crippen LogP contribution in [0.25, 0.3) is 0 Å². The van der Waals surface area contributed by atoms with E-state index in [9.17, 15) is 4.79 Å². The molecule has 1 saturated carbocycles. The number of carbonyl (C=O) groups excluding carboxylic acids is 1. The van der Waals surface area contributed by atoms with Crippen LogP contribution < -0.4 is 10.2 Å². The fraction of sp³-hybridized carbons (Fsp3) is 0.500. The number of carbonyl (C=O) groups is 1. The second-order valence-electron chi connectivity index (χ2n) is 9.05. The van der Waals surface area contributed by atoms with E-state index >= 15 is 0 Å². The molecule has 4 rings (SSSR count). The highest BCUT2D eigenvalue weighted by Gasteiger charge is 2.27. The first-order valence-corrected chi connectivity index (χ1v) is 11.0. The number of halogens is 1. The van der Waals surface area contributed by atoms with Gasteiger partial charge in [0.2, 0.25) is 0 Å². The van der Waals surface area contributed by atoms with Crippen molar-refractivity contribution in [1.29, 1.82) is 5.41 Å². The minimum Gasteiger partial charge on any atom is -0.444 e. The number of nitrogens with zero attached hydrogens (tertiary/aromatic N) is 4. The lowest BCUT2D eigenvalue weighted by Crippen LogP contribution is -2.50. The van der Waals surface area contributed by atoms with Gasteiger partial charge in [0.15, 0.2) is 0 Å². The van der Waals surface area contributed by atoms with E-state index in [0.717, 1.165) is 17.1 Å². The number of aromatic nitrogens is 2. The Morgan fingerprint density at radius 2 is 1.97 bits per heavy atom. The highest BCUT2D eigenvalue weighted by molar-refractivity contribution is 6.33. The molecule has 0 spiro atoms. The second-order valence-corrected chi connectivity index (χ2v) is 9.46. The lowest BCUT2D eigenvalue weighted by atomic mass is 10.1. The molecule has 2 aliphatic rings. The second kappa shape index (κ2) is 8.42. The number of nitrogens with one attached hydrogen (secondary N) is 2. The first-order valence-electron chi connectivity index (χ1n) is 10.6. The number of hydrogen-bond donors (Lipinski definition) is 2. The molecule has 8 nitrogen and oxygen atoms in total. The van der Waals surface area contributed by atoms with Crippen molar-refractivity contribution in [1.82, 2.24) is 14.7 Å². The highest BCUT2D eigenvalue weighted by atomic mass is 35.5. The molecule has 0 atom stereocenters. The molecule has 9 heteroatoms. The van der Waals surface area contributed by atoms with Gasteiger partial charge in [-0.2, -0.15) is 5.10 Å². The van der Waals surface area contributed by atoms with Crippen LogP contribution in [0.5, 0.6) is 0 Å². The van der Waals surface area contributed by atoms with E-state index in [1.807, 2.05) is 37.7 Å². The Balaban J connectivity index is 1.47. The average molecular weight is 445 g/mol. The van der Waals surface area contributed by atoms with Crippen molar-refractivity contribution in [3.05, 3.63) is 35.1 Å². The first kappa shape index (κ1) is 21.5. The van der Waals surface area contributed by atoms with Crippen molar-refractivity contribution in [3.63, 3.8) is 0 Å². The molecule has 166 valence electrons. The highest BCUT2D eigenvalue weighted by Crippen LogP contribution is 2.36. The molecule has 2 N–H and O–H groups in total. The molecule has 1 aliphatic heterocycles. The molecular weight excluding hydrogens is 416 g/mol. The number of piperazine rings is 1. The summed E-state index contributed by atoms with van der Waals surface area (Å²) in [5, 5.41) is 16.2. The maximum atomic E-state index is 12.3. The van der Waals surface area contributed by atoms with Gasteiger partial charge >= 0.3 is 6.09 Å². The zero-order valence-corrected chi connectivity index (χ0v) is 18.9. The fourth-order valence-corrected chi connectivity index (χ4v) is 3.89. The molecule has 0 bridgehead atoms. The summed E-state index contributed by atoms with van der Waals surface area (Å²) in [5.41, 5.74) is 2.78. The molecular formula is C22H29ClN6O2. The molecule has 1 saturated heterocycles. The van der Waals surface area contributed by atoms with Crippen LogP contribution >= 0.6 is 11.6 Å². The van der Waals surface area contributed by atoms with Crippen LogP contribution in [0.3, 0.4) is 0 Å². The van der Waals surface area contributed by atoms with Crippen molar-refractivity contribution in [2.45, 2.75) is 45.3 Å². The first-order chi connectivity index (χ1) is 14.7. The van der Waals surface area contributed by atoms with Crippen molar-refractivity contribution in [2.24, 2.45) is 0 Å². The van der Waals surface area contributed by atoms with Crippen LogP contribution in [0, 0.1) is 5.41 Å². The molecule has 31 heavy (non-hydrogen) atoms. The molecule has 1 aromatic heterocycles. The van der Waals surface area contributed by atoms with E-state index in [2.05, 4.69) is 15.3 Å². The smallest absolute Gasteiger partial charge is 0.410 e. The van der Waals surface area contributed by atoms with Crippen LogP contribution in [0.1, 0.15) is 45.2 Å².